The van der Waals surface area contributed by atoms with Gasteiger partial charge in [0.05, 0.1) is 10.6 Å². The number of hydrogen-bond acceptors (Lipinski definition) is 5. The van der Waals surface area contributed by atoms with E-state index in [9.17, 15) is 18.1 Å². The van der Waals surface area contributed by atoms with Crippen molar-refractivity contribution in [3.8, 4) is 5.75 Å². The quantitative estimate of drug-likeness (QED) is 0.376. The van der Waals surface area contributed by atoms with Crippen molar-refractivity contribution in [2.45, 2.75) is 11.8 Å². The SMILES string of the molecule is Cc1ccc(N=Nc2c(O)ccc3ccccc23)cc1S(=O)(=O)O.[SrH2]. The molecule has 0 aromatic heterocycles. The number of azo groups is 1. The summed E-state index contributed by atoms with van der Waals surface area (Å²) in [5.74, 6) is -0.0282. The van der Waals surface area contributed by atoms with Crippen LogP contribution >= 0.6 is 0 Å². The van der Waals surface area contributed by atoms with Gasteiger partial charge in [0, 0.05) is 5.39 Å². The molecule has 0 heterocycles. The van der Waals surface area contributed by atoms with Gasteiger partial charge in [0.15, 0.2) is 0 Å². The van der Waals surface area contributed by atoms with Crippen molar-refractivity contribution in [1.82, 2.24) is 0 Å². The van der Waals surface area contributed by atoms with Gasteiger partial charge in [-0.05, 0) is 36.1 Å². The van der Waals surface area contributed by atoms with Crippen molar-refractivity contribution in [2.75, 3.05) is 0 Å². The molecule has 25 heavy (non-hydrogen) atoms. The van der Waals surface area contributed by atoms with E-state index >= 15 is 0 Å². The zero-order valence-corrected chi connectivity index (χ0v) is 13.5. The summed E-state index contributed by atoms with van der Waals surface area (Å²) in [6.45, 7) is 1.57. The molecule has 6 nitrogen and oxygen atoms in total. The number of phenols is 1. The van der Waals surface area contributed by atoms with E-state index in [4.69, 9.17) is 0 Å². The monoisotopic (exact) mass is 432 g/mol. The standard InChI is InChI=1S/C17H14N2O4S.Sr.2H/c1-11-6-8-13(10-16(11)24(21,22)23)18-19-17-14-5-3-2-4-12(14)7-9-15(17)20;;;/h2-10,20H,1H3,(H,21,22,23);;;. The van der Waals surface area contributed by atoms with E-state index in [-0.39, 0.29) is 61.8 Å². The molecule has 0 unspecified atom stereocenters. The summed E-state index contributed by atoms with van der Waals surface area (Å²) in [5.41, 5.74) is 0.951. The van der Waals surface area contributed by atoms with E-state index in [0.717, 1.165) is 10.8 Å². The number of aromatic hydroxyl groups is 1. The molecule has 0 saturated heterocycles. The molecule has 0 fully saturated rings. The number of hydrogen-bond donors (Lipinski definition) is 2. The average Bonchev–Trinajstić information content (AvgIpc) is 2.54. The van der Waals surface area contributed by atoms with Crippen LogP contribution in [0.15, 0.2) is 69.7 Å². The van der Waals surface area contributed by atoms with Gasteiger partial charge < -0.3 is 5.11 Å². The Morgan fingerprint density at radius 1 is 0.960 bits per heavy atom. The summed E-state index contributed by atoms with van der Waals surface area (Å²) < 4.78 is 31.9. The van der Waals surface area contributed by atoms with Crippen molar-refractivity contribution >= 4 is 77.7 Å². The molecule has 0 spiro atoms. The van der Waals surface area contributed by atoms with Gasteiger partial charge >= 0.3 is 45.5 Å². The molecule has 0 aliphatic heterocycles. The second kappa shape index (κ2) is 7.94. The van der Waals surface area contributed by atoms with Crippen molar-refractivity contribution in [2.24, 2.45) is 10.2 Å². The van der Waals surface area contributed by atoms with Gasteiger partial charge in [-0.25, -0.2) is 0 Å². The third-order valence-corrected chi connectivity index (χ3v) is 4.59. The molecule has 126 valence electrons. The Kier molecular flexibility index (Phi) is 6.36. The summed E-state index contributed by atoms with van der Waals surface area (Å²) >= 11 is 0. The molecule has 0 saturated carbocycles. The molecule has 0 aliphatic carbocycles. The topological polar surface area (TPSA) is 99.3 Å². The fraction of sp³-hybridized carbons (Fsp3) is 0.0588. The molecule has 0 bridgehead atoms. The Bertz CT molecular complexity index is 1070. The molecule has 3 aromatic rings. The van der Waals surface area contributed by atoms with E-state index < -0.39 is 10.1 Å². The van der Waals surface area contributed by atoms with E-state index in [2.05, 4.69) is 10.2 Å². The number of rotatable bonds is 3. The first-order chi connectivity index (χ1) is 11.4. The van der Waals surface area contributed by atoms with Crippen molar-refractivity contribution < 1.29 is 18.1 Å². The minimum atomic E-state index is -4.33. The van der Waals surface area contributed by atoms with Crippen LogP contribution < -0.4 is 0 Å². The average molecular weight is 432 g/mol. The van der Waals surface area contributed by atoms with Gasteiger partial charge in [-0.3, -0.25) is 4.55 Å². The van der Waals surface area contributed by atoms with Crippen molar-refractivity contribution in [1.29, 1.82) is 0 Å². The molecular weight excluding hydrogens is 416 g/mol. The van der Waals surface area contributed by atoms with Gasteiger partial charge in [0.1, 0.15) is 11.4 Å². The third-order valence-electron chi connectivity index (χ3n) is 3.59. The van der Waals surface area contributed by atoms with Crippen LogP contribution in [0.5, 0.6) is 5.75 Å². The van der Waals surface area contributed by atoms with Crippen LogP contribution in [0.2, 0.25) is 0 Å². The molecular formula is C17H16N2O4SSr. The Hall–Kier alpha value is -1.29. The maximum atomic E-state index is 11.4. The Morgan fingerprint density at radius 2 is 1.68 bits per heavy atom. The van der Waals surface area contributed by atoms with Crippen LogP contribution in [-0.4, -0.2) is 63.6 Å². The normalized spacial score (nSPS) is 11.6. The predicted octanol–water partition coefficient (Wildman–Crippen LogP) is 3.60. The van der Waals surface area contributed by atoms with E-state index in [1.54, 1.807) is 19.1 Å². The van der Waals surface area contributed by atoms with Crippen LogP contribution in [0, 0.1) is 6.92 Å². The number of benzene rings is 3. The van der Waals surface area contributed by atoms with Crippen LogP contribution in [0.4, 0.5) is 11.4 Å². The van der Waals surface area contributed by atoms with Crippen molar-refractivity contribution in [3.05, 3.63) is 60.2 Å². The van der Waals surface area contributed by atoms with Gasteiger partial charge in [0.2, 0.25) is 0 Å². The van der Waals surface area contributed by atoms with Gasteiger partial charge in [0.25, 0.3) is 10.1 Å². The van der Waals surface area contributed by atoms with E-state index in [1.807, 2.05) is 24.3 Å². The number of nitrogens with zero attached hydrogens (tertiary/aromatic N) is 2. The molecule has 3 rings (SSSR count). The van der Waals surface area contributed by atoms with Gasteiger partial charge in [-0.2, -0.15) is 13.5 Å². The molecule has 0 radical (unpaired) electrons. The second-order valence-corrected chi connectivity index (χ2v) is 6.67. The van der Waals surface area contributed by atoms with Gasteiger partial charge in [-0.15, -0.1) is 5.11 Å². The minimum absolute atomic E-state index is 0. The van der Waals surface area contributed by atoms with Crippen molar-refractivity contribution in [3.63, 3.8) is 0 Å². The number of phenolic OH excluding ortho intramolecular Hbond substituents is 1. The maximum absolute atomic E-state index is 11.4. The molecule has 0 amide bonds. The molecule has 3 aromatic carbocycles. The summed E-state index contributed by atoms with van der Waals surface area (Å²) in [4.78, 5) is -0.221. The van der Waals surface area contributed by atoms with Crippen LogP contribution in [0.3, 0.4) is 0 Å². The zero-order valence-electron chi connectivity index (χ0n) is 12.7. The number of aryl methyl sites for hydroxylation is 1. The Balaban J connectivity index is 0.00000225. The summed E-state index contributed by atoms with van der Waals surface area (Å²) in [6, 6.07) is 15.0. The van der Waals surface area contributed by atoms with E-state index in [1.165, 1.54) is 18.2 Å². The van der Waals surface area contributed by atoms with E-state index in [0.29, 0.717) is 11.3 Å². The number of fused-ring (bicyclic) bond motifs is 1. The second-order valence-electron chi connectivity index (χ2n) is 5.28. The molecule has 8 heteroatoms. The third kappa shape index (κ3) is 4.46. The van der Waals surface area contributed by atoms with Crippen LogP contribution in [0.25, 0.3) is 10.8 Å². The first kappa shape index (κ1) is 20.0. The fourth-order valence-corrected chi connectivity index (χ4v) is 3.13. The first-order valence-electron chi connectivity index (χ1n) is 7.07. The zero-order chi connectivity index (χ0) is 17.3. The van der Waals surface area contributed by atoms with Crippen LogP contribution in [0.1, 0.15) is 5.56 Å². The van der Waals surface area contributed by atoms with Crippen LogP contribution in [-0.2, 0) is 10.1 Å². The summed E-state index contributed by atoms with van der Waals surface area (Å²) in [6.07, 6.45) is 0. The fourth-order valence-electron chi connectivity index (χ4n) is 2.39. The first-order valence-corrected chi connectivity index (χ1v) is 8.51. The molecule has 0 aliphatic rings. The van der Waals surface area contributed by atoms with Gasteiger partial charge in [-0.1, -0.05) is 36.4 Å². The summed E-state index contributed by atoms with van der Waals surface area (Å²) in [7, 11) is -4.33. The predicted molar refractivity (Wildman–Crippen MR) is 99.3 cm³/mol. The Labute approximate surface area is 182 Å². The summed E-state index contributed by atoms with van der Waals surface area (Å²) in [5, 5.41) is 19.7. The molecule has 2 N–H and O–H groups in total. The Morgan fingerprint density at radius 3 is 2.40 bits per heavy atom. The molecule has 0 atom stereocenters.